The summed E-state index contributed by atoms with van der Waals surface area (Å²) < 4.78 is 27.9. The maximum atomic E-state index is 11.3. The Hall–Kier alpha value is -0.0900. The smallest absolute Gasteiger partial charge is 0.262 e. The second-order valence-corrected chi connectivity index (χ2v) is 7.62. The van der Waals surface area contributed by atoms with Gasteiger partial charge in [-0.15, -0.1) is 0 Å². The van der Waals surface area contributed by atoms with E-state index >= 15 is 0 Å². The molecule has 4 saturated carbocycles. The zero-order chi connectivity index (χ0) is 10.3. The Morgan fingerprint density at radius 2 is 1.40 bits per heavy atom. The molecule has 4 heteroatoms. The summed E-state index contributed by atoms with van der Waals surface area (Å²) in [5.41, 5.74) is -0.230. The van der Waals surface area contributed by atoms with Gasteiger partial charge >= 0.3 is 0 Å². The summed E-state index contributed by atoms with van der Waals surface area (Å²) in [6.07, 6.45) is 6.30. The van der Waals surface area contributed by atoms with E-state index in [9.17, 15) is 8.42 Å². The minimum Gasteiger partial charge on any atom is -0.262 e. The monoisotopic (exact) mass is 228 g/mol. The second-order valence-electron chi connectivity index (χ2n) is 6.04. The summed E-state index contributed by atoms with van der Waals surface area (Å²) in [6.45, 7) is 0. The van der Waals surface area contributed by atoms with Crippen LogP contribution in [0.25, 0.3) is 0 Å². The van der Waals surface area contributed by atoms with Gasteiger partial charge in [0.05, 0.1) is 0 Å². The third-order valence-corrected chi connectivity index (χ3v) is 6.57. The lowest BCUT2D eigenvalue weighted by Crippen LogP contribution is -2.68. The van der Waals surface area contributed by atoms with Crippen LogP contribution in [0, 0.1) is 23.7 Å². The molecule has 4 aliphatic carbocycles. The molecule has 3 nitrogen and oxygen atoms in total. The molecule has 0 aromatic rings. The summed E-state index contributed by atoms with van der Waals surface area (Å²) in [7, 11) is -3.13. The van der Waals surface area contributed by atoms with Crippen molar-refractivity contribution in [2.24, 2.45) is 23.7 Å². The molecule has 0 N–H and O–H groups in total. The van der Waals surface area contributed by atoms with Crippen molar-refractivity contribution in [3.63, 3.8) is 0 Å². The van der Waals surface area contributed by atoms with Crippen LogP contribution in [-0.2, 0) is 14.3 Å². The molecule has 1 aliphatic heterocycles. The quantitative estimate of drug-likeness (QED) is 0.591. The van der Waals surface area contributed by atoms with E-state index in [1.165, 1.54) is 32.1 Å². The van der Waals surface area contributed by atoms with E-state index in [0.29, 0.717) is 17.6 Å². The van der Waals surface area contributed by atoms with Crippen LogP contribution in [0.4, 0.5) is 0 Å². The molecule has 1 saturated heterocycles. The first-order chi connectivity index (χ1) is 7.07. The van der Waals surface area contributed by atoms with Crippen LogP contribution in [0.2, 0.25) is 0 Å². The second kappa shape index (κ2) is 2.43. The van der Waals surface area contributed by atoms with Crippen molar-refractivity contribution in [1.82, 2.24) is 0 Å². The fourth-order valence-corrected chi connectivity index (χ4v) is 6.61. The zero-order valence-corrected chi connectivity index (χ0v) is 9.50. The molecule has 4 bridgehead atoms. The standard InChI is InChI=1S/C11H16O3S/c12-15(13)6-11(14-15)9-2-7-1-8(4-9)5-10(11)3-7/h7-10H,1-6H2. The zero-order valence-electron chi connectivity index (χ0n) is 8.69. The van der Waals surface area contributed by atoms with Gasteiger partial charge in [-0.2, -0.15) is 8.42 Å². The predicted molar refractivity (Wildman–Crippen MR) is 54.6 cm³/mol. The molecule has 1 spiro atoms. The highest BCUT2D eigenvalue weighted by molar-refractivity contribution is 7.88. The minimum atomic E-state index is -3.13. The Labute approximate surface area is 90.3 Å². The van der Waals surface area contributed by atoms with Crippen molar-refractivity contribution >= 4 is 10.1 Å². The molecule has 5 fully saturated rings. The number of hydrogen-bond donors (Lipinski definition) is 0. The van der Waals surface area contributed by atoms with E-state index in [4.69, 9.17) is 4.18 Å². The summed E-state index contributed by atoms with van der Waals surface area (Å²) >= 11 is 0. The van der Waals surface area contributed by atoms with Gasteiger partial charge in [-0.1, -0.05) is 0 Å². The van der Waals surface area contributed by atoms with Gasteiger partial charge in [-0.05, 0) is 55.8 Å². The summed E-state index contributed by atoms with van der Waals surface area (Å²) in [5.74, 6) is 3.18. The van der Waals surface area contributed by atoms with Gasteiger partial charge in [0.1, 0.15) is 11.4 Å². The molecule has 0 atom stereocenters. The molecule has 5 rings (SSSR count). The molecule has 0 radical (unpaired) electrons. The van der Waals surface area contributed by atoms with Gasteiger partial charge in [0.25, 0.3) is 10.1 Å². The molecule has 0 amide bonds. The van der Waals surface area contributed by atoms with Crippen molar-refractivity contribution in [2.45, 2.75) is 37.7 Å². The average molecular weight is 228 g/mol. The largest absolute Gasteiger partial charge is 0.270 e. The molecule has 84 valence electrons. The van der Waals surface area contributed by atoms with Crippen molar-refractivity contribution in [3.8, 4) is 0 Å². The fourth-order valence-electron chi connectivity index (χ4n) is 4.86. The third-order valence-electron chi connectivity index (χ3n) is 5.20. The Morgan fingerprint density at radius 1 is 0.933 bits per heavy atom. The Balaban J connectivity index is 1.72. The number of rotatable bonds is 0. The van der Waals surface area contributed by atoms with E-state index in [1.54, 1.807) is 0 Å². The van der Waals surface area contributed by atoms with E-state index in [0.717, 1.165) is 11.8 Å². The van der Waals surface area contributed by atoms with Crippen LogP contribution in [0.15, 0.2) is 0 Å². The molecule has 0 aromatic heterocycles. The molecule has 0 aromatic carbocycles. The SMILES string of the molecule is O=S1(=O)CC2(O1)C1CC3CC(C1)CC2C3. The Kier molecular flexibility index (Phi) is 1.45. The summed E-state index contributed by atoms with van der Waals surface area (Å²) in [6, 6.07) is 0. The van der Waals surface area contributed by atoms with E-state index in [1.807, 2.05) is 0 Å². The molecular formula is C11H16O3S. The summed E-state index contributed by atoms with van der Waals surface area (Å²) in [4.78, 5) is 0. The van der Waals surface area contributed by atoms with Gasteiger partial charge in [0.2, 0.25) is 0 Å². The van der Waals surface area contributed by atoms with E-state index < -0.39 is 10.1 Å². The molecule has 15 heavy (non-hydrogen) atoms. The predicted octanol–water partition coefficient (Wildman–Crippen LogP) is 1.54. The van der Waals surface area contributed by atoms with Gasteiger partial charge < -0.3 is 0 Å². The highest BCUT2D eigenvalue weighted by atomic mass is 32.2. The van der Waals surface area contributed by atoms with Crippen molar-refractivity contribution in [2.75, 3.05) is 5.75 Å². The average Bonchev–Trinajstić information content (AvgIpc) is 2.09. The van der Waals surface area contributed by atoms with Crippen LogP contribution in [-0.4, -0.2) is 19.8 Å². The van der Waals surface area contributed by atoms with Crippen LogP contribution < -0.4 is 0 Å². The first-order valence-corrected chi connectivity index (χ1v) is 7.58. The molecule has 1 heterocycles. The van der Waals surface area contributed by atoms with Crippen molar-refractivity contribution in [3.05, 3.63) is 0 Å². The van der Waals surface area contributed by atoms with Crippen molar-refractivity contribution < 1.29 is 12.6 Å². The highest BCUT2D eigenvalue weighted by Gasteiger charge is 2.66. The van der Waals surface area contributed by atoms with Crippen LogP contribution >= 0.6 is 0 Å². The van der Waals surface area contributed by atoms with Gasteiger partial charge in [0, 0.05) is 0 Å². The van der Waals surface area contributed by atoms with Gasteiger partial charge in [-0.3, -0.25) is 4.18 Å². The van der Waals surface area contributed by atoms with Gasteiger partial charge in [-0.25, -0.2) is 0 Å². The van der Waals surface area contributed by atoms with Crippen LogP contribution in [0.3, 0.4) is 0 Å². The van der Waals surface area contributed by atoms with Gasteiger partial charge in [0.15, 0.2) is 0 Å². The first-order valence-electron chi connectivity index (χ1n) is 6.01. The topological polar surface area (TPSA) is 43.4 Å². The maximum absolute atomic E-state index is 11.3. The number of hydrogen-bond acceptors (Lipinski definition) is 3. The lowest BCUT2D eigenvalue weighted by atomic mass is 9.50. The van der Waals surface area contributed by atoms with E-state index in [2.05, 4.69) is 0 Å². The fraction of sp³-hybridized carbons (Fsp3) is 1.00. The lowest BCUT2D eigenvalue weighted by Gasteiger charge is -2.63. The minimum absolute atomic E-state index is 0.230. The Bertz CT molecular complexity index is 370. The highest BCUT2D eigenvalue weighted by Crippen LogP contribution is 2.62. The molecular weight excluding hydrogens is 212 g/mol. The first kappa shape index (κ1) is 8.99. The summed E-state index contributed by atoms with van der Waals surface area (Å²) in [5, 5.41) is 0. The normalized spacial score (nSPS) is 59.5. The van der Waals surface area contributed by atoms with Crippen LogP contribution in [0.5, 0.6) is 0 Å². The Morgan fingerprint density at radius 3 is 1.80 bits per heavy atom. The third kappa shape index (κ3) is 1.02. The molecule has 5 aliphatic rings. The molecule has 0 unspecified atom stereocenters. The lowest BCUT2D eigenvalue weighted by molar-refractivity contribution is -0.161. The maximum Gasteiger partial charge on any atom is 0.270 e. The van der Waals surface area contributed by atoms with Crippen molar-refractivity contribution in [1.29, 1.82) is 0 Å². The van der Waals surface area contributed by atoms with E-state index in [-0.39, 0.29) is 5.60 Å². The van der Waals surface area contributed by atoms with Crippen LogP contribution in [0.1, 0.15) is 32.1 Å².